The molecule has 0 saturated heterocycles. The molecule has 16 nitrogen and oxygen atoms in total. The number of benzene rings is 2. The average Bonchev–Trinajstić information content (AvgIpc) is 3.69. The molecule has 296 valence electrons. The van der Waals surface area contributed by atoms with E-state index in [0.29, 0.717) is 54.2 Å². The van der Waals surface area contributed by atoms with Crippen LogP contribution in [0.3, 0.4) is 0 Å². The molecule has 2 saturated carbocycles. The number of urea groups is 2. The maximum atomic E-state index is 12.5. The van der Waals surface area contributed by atoms with E-state index in [0.717, 1.165) is 52.6 Å². The van der Waals surface area contributed by atoms with Gasteiger partial charge >= 0.3 is 19.2 Å². The van der Waals surface area contributed by atoms with E-state index in [9.17, 15) is 14.7 Å². The molecule has 0 atom stereocenters. The van der Waals surface area contributed by atoms with Gasteiger partial charge in [0.25, 0.3) is 0 Å². The van der Waals surface area contributed by atoms with E-state index < -0.39 is 7.12 Å². The summed E-state index contributed by atoms with van der Waals surface area (Å²) in [4.78, 5) is 44.8. The molecule has 22 heteroatoms. The minimum Gasteiger partial charge on any atom is -0.508 e. The number of amides is 4. The van der Waals surface area contributed by atoms with Crippen molar-refractivity contribution in [2.75, 3.05) is 11.5 Å². The number of nitrogen functional groups attached to an aromatic ring is 2. The SMILES string of the molecule is Nc1nc(I)c2c(n1)CN(C(=O)NC1CCC1)C2.Nc1nc2c(c(-c3c(O)cc(Cl)cc3Cl)n1)CN(C(=O)NC1CCC1)C2.OB(O)c1c(O)cc(Cl)cc1Cl. The molecule has 4 aliphatic rings. The van der Waals surface area contributed by atoms with Crippen molar-refractivity contribution < 1.29 is 29.9 Å². The number of hydrogen-bond donors (Lipinski definition) is 8. The Labute approximate surface area is 355 Å². The monoisotopic (exact) mass is 958 g/mol. The number of aromatic nitrogens is 4. The normalized spacial score (nSPS) is 15.6. The molecule has 0 unspecified atom stereocenters. The van der Waals surface area contributed by atoms with Crippen molar-refractivity contribution in [1.82, 2.24) is 40.4 Å². The van der Waals surface area contributed by atoms with Gasteiger partial charge < -0.3 is 52.2 Å². The largest absolute Gasteiger partial charge is 0.508 e. The summed E-state index contributed by atoms with van der Waals surface area (Å²) >= 11 is 25.4. The average molecular weight is 960 g/mol. The first-order valence-corrected chi connectivity index (χ1v) is 20.0. The lowest BCUT2D eigenvalue weighted by molar-refractivity contribution is 0.186. The molecule has 2 aliphatic carbocycles. The summed E-state index contributed by atoms with van der Waals surface area (Å²) in [6.07, 6.45) is 6.57. The fourth-order valence-electron chi connectivity index (χ4n) is 6.26. The number of nitrogens with one attached hydrogen (secondary N) is 2. The van der Waals surface area contributed by atoms with Gasteiger partial charge in [-0.1, -0.05) is 46.4 Å². The number of carbonyl (C=O) groups is 2. The zero-order valence-corrected chi connectivity index (χ0v) is 34.6. The van der Waals surface area contributed by atoms with E-state index in [2.05, 4.69) is 53.2 Å². The number of phenolic OH excluding ortho intramolecular Hbond substituents is 2. The summed E-state index contributed by atoms with van der Waals surface area (Å²) < 4.78 is 0.842. The van der Waals surface area contributed by atoms with Crippen molar-refractivity contribution >= 4 is 106 Å². The summed E-state index contributed by atoms with van der Waals surface area (Å²) in [6, 6.07) is 5.88. The number of anilines is 2. The lowest BCUT2D eigenvalue weighted by Gasteiger charge is -2.28. The smallest absolute Gasteiger partial charge is 0.493 e. The summed E-state index contributed by atoms with van der Waals surface area (Å²) in [5, 5.41) is 43.8. The number of halogens is 5. The molecule has 2 aliphatic heterocycles. The Morgan fingerprint density at radius 2 is 1.20 bits per heavy atom. The Morgan fingerprint density at radius 1 is 0.714 bits per heavy atom. The summed E-state index contributed by atoms with van der Waals surface area (Å²) in [5.41, 5.74) is 15.3. The van der Waals surface area contributed by atoms with Crippen LogP contribution >= 0.6 is 69.0 Å². The third-order valence-corrected chi connectivity index (χ3v) is 11.5. The Balaban J connectivity index is 0.000000154. The maximum absolute atomic E-state index is 12.5. The van der Waals surface area contributed by atoms with Gasteiger partial charge in [0, 0.05) is 43.7 Å². The quantitative estimate of drug-likeness (QED) is 0.0771. The lowest BCUT2D eigenvalue weighted by atomic mass is 9.79. The molecule has 2 aromatic heterocycles. The minimum atomic E-state index is -1.80. The van der Waals surface area contributed by atoms with Crippen LogP contribution in [0, 0.1) is 3.70 Å². The van der Waals surface area contributed by atoms with E-state index in [1.807, 2.05) is 0 Å². The van der Waals surface area contributed by atoms with Gasteiger partial charge in [-0.2, -0.15) is 0 Å². The minimum absolute atomic E-state index is 0.00734. The topological polar surface area (TPSA) is 249 Å². The Morgan fingerprint density at radius 3 is 1.68 bits per heavy atom. The summed E-state index contributed by atoms with van der Waals surface area (Å²) in [5.74, 6) is -0.0903. The number of aromatic hydroxyl groups is 2. The Bertz CT molecular complexity index is 2120. The molecule has 8 rings (SSSR count). The van der Waals surface area contributed by atoms with Crippen molar-refractivity contribution in [3.63, 3.8) is 0 Å². The number of rotatable bonds is 4. The van der Waals surface area contributed by atoms with Crippen LogP contribution in [0.1, 0.15) is 61.0 Å². The first-order chi connectivity index (χ1) is 26.6. The number of carbonyl (C=O) groups excluding carboxylic acids is 2. The van der Waals surface area contributed by atoms with Crippen molar-refractivity contribution in [2.45, 2.75) is 76.8 Å². The molecule has 0 radical (unpaired) electrons. The van der Waals surface area contributed by atoms with Crippen LogP contribution in [0.5, 0.6) is 11.5 Å². The number of nitrogens with zero attached hydrogens (tertiary/aromatic N) is 6. The molecule has 2 aromatic carbocycles. The van der Waals surface area contributed by atoms with Crippen molar-refractivity contribution in [3.05, 3.63) is 70.6 Å². The van der Waals surface area contributed by atoms with Crippen LogP contribution < -0.4 is 27.6 Å². The molecule has 10 N–H and O–H groups in total. The van der Waals surface area contributed by atoms with E-state index in [1.165, 1.54) is 30.7 Å². The van der Waals surface area contributed by atoms with Crippen molar-refractivity contribution in [1.29, 1.82) is 0 Å². The van der Waals surface area contributed by atoms with Gasteiger partial charge in [0.15, 0.2) is 0 Å². The van der Waals surface area contributed by atoms with Crippen LogP contribution in [-0.2, 0) is 26.2 Å². The number of nitrogens with two attached hydrogens (primary N) is 2. The maximum Gasteiger partial charge on any atom is 0.493 e. The highest BCUT2D eigenvalue weighted by atomic mass is 127. The van der Waals surface area contributed by atoms with Gasteiger partial charge in [0.2, 0.25) is 11.9 Å². The molecular weight excluding hydrogens is 924 g/mol. The highest BCUT2D eigenvalue weighted by molar-refractivity contribution is 14.1. The third kappa shape index (κ3) is 9.66. The van der Waals surface area contributed by atoms with Crippen LogP contribution in [0.4, 0.5) is 21.5 Å². The zero-order chi connectivity index (χ0) is 40.4. The van der Waals surface area contributed by atoms with Crippen molar-refractivity contribution in [2.24, 2.45) is 0 Å². The molecule has 2 fully saturated rings. The molecule has 4 aromatic rings. The Hall–Kier alpha value is -3.79. The molecule has 0 bridgehead atoms. The summed E-state index contributed by atoms with van der Waals surface area (Å²) in [7, 11) is -1.80. The van der Waals surface area contributed by atoms with E-state index in [1.54, 1.807) is 9.80 Å². The second kappa shape index (κ2) is 17.8. The fourth-order valence-corrected chi connectivity index (χ4v) is 8.14. The van der Waals surface area contributed by atoms with Gasteiger partial charge in [-0.05, 0) is 85.4 Å². The lowest BCUT2D eigenvalue weighted by Crippen LogP contribution is -2.45. The zero-order valence-electron chi connectivity index (χ0n) is 29.4. The molecule has 4 amide bonds. The van der Waals surface area contributed by atoms with E-state index >= 15 is 0 Å². The highest BCUT2D eigenvalue weighted by Crippen LogP contribution is 2.41. The predicted molar refractivity (Wildman–Crippen MR) is 222 cm³/mol. The van der Waals surface area contributed by atoms with Gasteiger partial charge in [0.1, 0.15) is 15.2 Å². The number of phenols is 2. The van der Waals surface area contributed by atoms with Gasteiger partial charge in [-0.15, -0.1) is 0 Å². The third-order valence-electron chi connectivity index (χ3n) is 9.59. The second-order valence-corrected chi connectivity index (χ2v) is 16.2. The fraction of sp³-hybridized carbons (Fsp3) is 0.353. The van der Waals surface area contributed by atoms with Crippen LogP contribution in [0.2, 0.25) is 20.1 Å². The van der Waals surface area contributed by atoms with E-state index in [-0.39, 0.29) is 62.0 Å². The predicted octanol–water partition coefficient (Wildman–Crippen LogP) is 4.94. The highest BCUT2D eigenvalue weighted by Gasteiger charge is 2.33. The van der Waals surface area contributed by atoms with Gasteiger partial charge in [-0.25, -0.2) is 29.5 Å². The van der Waals surface area contributed by atoms with Crippen LogP contribution in [0.25, 0.3) is 11.3 Å². The standard InChI is InChI=1S/C17H17Cl2N5O2.C11H14IN5O.C6H5BCl2O3/c18-8-4-11(19)14(13(25)5-8)15-10-6-24(7-12(10)22-16(20)23-15)17(26)21-9-2-1-3-9;12-9-7-4-17(5-8(7)15-10(13)16-9)11(18)14-6-2-1-3-6;8-3-1-4(9)6(7(11)12)5(10)2-3/h4-5,9,25H,1-3,6-7H2,(H,21,26)(H2,20,22,23);6H,1-5H2,(H,14,18)(H2,13,15,16);1-2,10-12H. The molecule has 56 heavy (non-hydrogen) atoms. The summed E-state index contributed by atoms with van der Waals surface area (Å²) in [6.45, 7) is 1.75. The molecular formula is C34H36BCl4IN10O6. The van der Waals surface area contributed by atoms with Gasteiger partial charge in [0.05, 0.1) is 53.8 Å². The number of fused-ring (bicyclic) bond motifs is 2. The van der Waals surface area contributed by atoms with Gasteiger partial charge in [-0.3, -0.25) is 0 Å². The van der Waals surface area contributed by atoms with E-state index in [4.69, 9.17) is 73.0 Å². The van der Waals surface area contributed by atoms with Crippen molar-refractivity contribution in [3.8, 4) is 22.8 Å². The molecule has 4 heterocycles. The Kier molecular flexibility index (Phi) is 13.3. The second-order valence-electron chi connectivity index (χ2n) is 13.5. The first kappa shape index (κ1) is 41.8. The first-order valence-electron chi connectivity index (χ1n) is 17.4. The van der Waals surface area contributed by atoms with Crippen LogP contribution in [0.15, 0.2) is 24.3 Å². The number of hydrogen-bond acceptors (Lipinski definition) is 12. The molecule has 0 spiro atoms. The van der Waals surface area contributed by atoms with Crippen LogP contribution in [-0.4, -0.2) is 81.3 Å².